The topological polar surface area (TPSA) is 58.6 Å². The Morgan fingerprint density at radius 3 is 2.80 bits per heavy atom. The summed E-state index contributed by atoms with van der Waals surface area (Å²) in [6, 6.07) is 0. The molecule has 1 fully saturated rings. The number of amides is 1. The van der Waals surface area contributed by atoms with Crippen molar-refractivity contribution in [1.29, 1.82) is 0 Å². The first-order valence-corrected chi connectivity index (χ1v) is 5.58. The van der Waals surface area contributed by atoms with Crippen LogP contribution < -0.4 is 5.32 Å². The van der Waals surface area contributed by atoms with Crippen molar-refractivity contribution in [3.8, 4) is 0 Å². The first-order valence-electron chi connectivity index (χ1n) is 5.58. The van der Waals surface area contributed by atoms with Gasteiger partial charge in [0.2, 0.25) is 5.91 Å². The SMILES string of the molecule is CCC(C)(O)CNC(=O)C1OCCC1C. The summed E-state index contributed by atoms with van der Waals surface area (Å²) in [4.78, 5) is 11.7. The van der Waals surface area contributed by atoms with Crippen LogP contribution in [0.15, 0.2) is 0 Å². The van der Waals surface area contributed by atoms with Gasteiger partial charge in [0.1, 0.15) is 6.10 Å². The van der Waals surface area contributed by atoms with Gasteiger partial charge in [0.25, 0.3) is 0 Å². The van der Waals surface area contributed by atoms with Crippen LogP contribution in [0.3, 0.4) is 0 Å². The zero-order valence-corrected chi connectivity index (χ0v) is 9.75. The zero-order valence-electron chi connectivity index (χ0n) is 9.75. The third-order valence-corrected chi connectivity index (χ3v) is 3.05. The highest BCUT2D eigenvalue weighted by atomic mass is 16.5. The van der Waals surface area contributed by atoms with E-state index in [0.29, 0.717) is 13.0 Å². The summed E-state index contributed by atoms with van der Waals surface area (Å²) in [5.41, 5.74) is -0.822. The molecule has 0 spiro atoms. The van der Waals surface area contributed by atoms with Crippen molar-refractivity contribution in [3.63, 3.8) is 0 Å². The smallest absolute Gasteiger partial charge is 0.249 e. The third kappa shape index (κ3) is 3.47. The molecule has 1 rings (SSSR count). The molecular weight excluding hydrogens is 194 g/mol. The van der Waals surface area contributed by atoms with E-state index in [0.717, 1.165) is 6.42 Å². The Labute approximate surface area is 91.0 Å². The maximum absolute atomic E-state index is 11.7. The van der Waals surface area contributed by atoms with Crippen molar-refractivity contribution in [1.82, 2.24) is 5.32 Å². The standard InChI is InChI=1S/C11H21NO3/c1-4-11(3,14)7-12-10(13)9-8(2)5-6-15-9/h8-9,14H,4-7H2,1-3H3,(H,12,13). The fourth-order valence-corrected chi connectivity index (χ4v) is 1.53. The van der Waals surface area contributed by atoms with Gasteiger partial charge in [-0.15, -0.1) is 0 Å². The summed E-state index contributed by atoms with van der Waals surface area (Å²) in [7, 11) is 0. The first-order chi connectivity index (χ1) is 6.96. The van der Waals surface area contributed by atoms with E-state index in [2.05, 4.69) is 5.32 Å². The molecule has 0 aromatic heterocycles. The number of rotatable bonds is 4. The van der Waals surface area contributed by atoms with Crippen LogP contribution in [0.2, 0.25) is 0 Å². The molecule has 4 nitrogen and oxygen atoms in total. The molecule has 0 aromatic rings. The summed E-state index contributed by atoms with van der Waals surface area (Å²) >= 11 is 0. The minimum absolute atomic E-state index is 0.103. The summed E-state index contributed by atoms with van der Waals surface area (Å²) in [5, 5.41) is 12.5. The number of carbonyl (C=O) groups excluding carboxylic acids is 1. The Kier molecular flexibility index (Phi) is 4.11. The lowest BCUT2D eigenvalue weighted by Gasteiger charge is -2.23. The van der Waals surface area contributed by atoms with Gasteiger partial charge in [-0.1, -0.05) is 13.8 Å². The molecule has 1 aliphatic rings. The number of carbonyl (C=O) groups is 1. The Morgan fingerprint density at radius 1 is 1.67 bits per heavy atom. The molecule has 0 aliphatic carbocycles. The monoisotopic (exact) mass is 215 g/mol. The molecule has 0 saturated carbocycles. The van der Waals surface area contributed by atoms with Crippen LogP contribution in [-0.2, 0) is 9.53 Å². The highest BCUT2D eigenvalue weighted by molar-refractivity contribution is 5.81. The predicted octanol–water partition coefficient (Wildman–Crippen LogP) is 0.689. The molecule has 1 aliphatic heterocycles. The van der Waals surface area contributed by atoms with Crippen molar-refractivity contribution < 1.29 is 14.6 Å². The van der Waals surface area contributed by atoms with E-state index in [4.69, 9.17) is 4.74 Å². The molecule has 3 atom stereocenters. The van der Waals surface area contributed by atoms with Crippen molar-refractivity contribution >= 4 is 5.91 Å². The Balaban J connectivity index is 2.36. The van der Waals surface area contributed by atoms with E-state index in [1.807, 2.05) is 13.8 Å². The molecule has 0 aromatic carbocycles. The number of aliphatic hydroxyl groups is 1. The predicted molar refractivity (Wildman–Crippen MR) is 57.4 cm³/mol. The molecule has 0 bridgehead atoms. The first kappa shape index (κ1) is 12.5. The molecule has 1 saturated heterocycles. The quantitative estimate of drug-likeness (QED) is 0.725. The van der Waals surface area contributed by atoms with Gasteiger partial charge in [0.15, 0.2) is 0 Å². The molecule has 1 amide bonds. The van der Waals surface area contributed by atoms with E-state index in [9.17, 15) is 9.90 Å². The average molecular weight is 215 g/mol. The number of hydrogen-bond donors (Lipinski definition) is 2. The van der Waals surface area contributed by atoms with Gasteiger partial charge >= 0.3 is 0 Å². The van der Waals surface area contributed by atoms with Crippen LogP contribution in [-0.4, -0.2) is 35.9 Å². The fourth-order valence-electron chi connectivity index (χ4n) is 1.53. The molecule has 15 heavy (non-hydrogen) atoms. The minimum atomic E-state index is -0.822. The zero-order chi connectivity index (χ0) is 11.5. The summed E-state index contributed by atoms with van der Waals surface area (Å²) < 4.78 is 5.33. The van der Waals surface area contributed by atoms with E-state index in [1.165, 1.54) is 0 Å². The van der Waals surface area contributed by atoms with Gasteiger partial charge in [0.05, 0.1) is 5.60 Å². The van der Waals surface area contributed by atoms with E-state index in [-0.39, 0.29) is 24.5 Å². The van der Waals surface area contributed by atoms with Crippen molar-refractivity contribution in [3.05, 3.63) is 0 Å². The molecule has 4 heteroatoms. The largest absolute Gasteiger partial charge is 0.388 e. The Hall–Kier alpha value is -0.610. The molecule has 1 heterocycles. The van der Waals surface area contributed by atoms with Gasteiger partial charge in [-0.3, -0.25) is 4.79 Å². The van der Waals surface area contributed by atoms with Crippen LogP contribution in [0, 0.1) is 5.92 Å². The second-order valence-corrected chi connectivity index (χ2v) is 4.63. The molecule has 2 N–H and O–H groups in total. The van der Waals surface area contributed by atoms with Gasteiger partial charge in [-0.05, 0) is 25.7 Å². The second kappa shape index (κ2) is 4.94. The lowest BCUT2D eigenvalue weighted by Crippen LogP contribution is -2.45. The lowest BCUT2D eigenvalue weighted by molar-refractivity contribution is -0.132. The maximum Gasteiger partial charge on any atom is 0.249 e. The van der Waals surface area contributed by atoms with Crippen LogP contribution in [0.4, 0.5) is 0 Å². The van der Waals surface area contributed by atoms with Crippen molar-refractivity contribution in [2.24, 2.45) is 5.92 Å². The molecule has 0 radical (unpaired) electrons. The lowest BCUT2D eigenvalue weighted by atomic mass is 10.0. The van der Waals surface area contributed by atoms with Gasteiger partial charge in [0, 0.05) is 13.2 Å². The molecule has 3 unspecified atom stereocenters. The molecular formula is C11H21NO3. The fraction of sp³-hybridized carbons (Fsp3) is 0.909. The van der Waals surface area contributed by atoms with Gasteiger partial charge in [-0.25, -0.2) is 0 Å². The van der Waals surface area contributed by atoms with Crippen molar-refractivity contribution in [2.75, 3.05) is 13.2 Å². The summed E-state index contributed by atoms with van der Waals surface area (Å²) in [6.45, 7) is 6.56. The van der Waals surface area contributed by atoms with Crippen molar-refractivity contribution in [2.45, 2.75) is 45.3 Å². The Morgan fingerprint density at radius 2 is 2.33 bits per heavy atom. The Bertz CT molecular complexity index is 228. The van der Waals surface area contributed by atoms with E-state index >= 15 is 0 Å². The number of hydrogen-bond acceptors (Lipinski definition) is 3. The van der Waals surface area contributed by atoms with Crippen LogP contribution >= 0.6 is 0 Å². The van der Waals surface area contributed by atoms with Gasteiger partial charge < -0.3 is 15.2 Å². The molecule has 88 valence electrons. The maximum atomic E-state index is 11.7. The third-order valence-electron chi connectivity index (χ3n) is 3.05. The average Bonchev–Trinajstić information content (AvgIpc) is 2.61. The second-order valence-electron chi connectivity index (χ2n) is 4.63. The van der Waals surface area contributed by atoms with Crippen LogP contribution in [0.5, 0.6) is 0 Å². The summed E-state index contributed by atoms with van der Waals surface area (Å²) in [6.07, 6.45) is 1.22. The summed E-state index contributed by atoms with van der Waals surface area (Å²) in [5.74, 6) is 0.172. The van der Waals surface area contributed by atoms with Gasteiger partial charge in [-0.2, -0.15) is 0 Å². The minimum Gasteiger partial charge on any atom is -0.388 e. The highest BCUT2D eigenvalue weighted by Gasteiger charge is 2.31. The van der Waals surface area contributed by atoms with E-state index < -0.39 is 5.60 Å². The highest BCUT2D eigenvalue weighted by Crippen LogP contribution is 2.20. The van der Waals surface area contributed by atoms with Crippen LogP contribution in [0.25, 0.3) is 0 Å². The van der Waals surface area contributed by atoms with Crippen LogP contribution in [0.1, 0.15) is 33.6 Å². The number of ether oxygens (including phenoxy) is 1. The van der Waals surface area contributed by atoms with E-state index in [1.54, 1.807) is 6.92 Å². The number of nitrogens with one attached hydrogen (secondary N) is 1. The normalized spacial score (nSPS) is 29.9.